The number of hydrazine groups is 1. The molecule has 0 aliphatic rings. The molecule has 0 aliphatic heterocycles. The van der Waals surface area contributed by atoms with Gasteiger partial charge in [0.1, 0.15) is 5.75 Å². The van der Waals surface area contributed by atoms with Crippen molar-refractivity contribution in [3.63, 3.8) is 0 Å². The SMILES string of the molecule is CCNC(=O)Nc1ccc(C(=O)NN)cc1-c1ccc(OC)cc1. The maximum Gasteiger partial charge on any atom is 0.319 e. The molecular weight excluding hydrogens is 308 g/mol. The molecule has 0 atom stereocenters. The fourth-order valence-electron chi connectivity index (χ4n) is 2.21. The molecule has 24 heavy (non-hydrogen) atoms. The smallest absolute Gasteiger partial charge is 0.319 e. The monoisotopic (exact) mass is 328 g/mol. The van der Waals surface area contributed by atoms with E-state index in [1.54, 1.807) is 37.4 Å². The molecule has 2 rings (SSSR count). The first kappa shape index (κ1) is 17.3. The highest BCUT2D eigenvalue weighted by Gasteiger charge is 2.12. The van der Waals surface area contributed by atoms with Crippen molar-refractivity contribution in [3.8, 4) is 16.9 Å². The molecule has 126 valence electrons. The largest absolute Gasteiger partial charge is 0.497 e. The van der Waals surface area contributed by atoms with Crippen LogP contribution in [0.2, 0.25) is 0 Å². The first-order valence-corrected chi connectivity index (χ1v) is 7.43. The maximum absolute atomic E-state index is 11.8. The number of carbonyl (C=O) groups is 2. The number of nitrogens with two attached hydrogens (primary N) is 1. The van der Waals surface area contributed by atoms with Gasteiger partial charge in [0, 0.05) is 17.7 Å². The predicted octanol–water partition coefficient (Wildman–Crippen LogP) is 2.11. The van der Waals surface area contributed by atoms with E-state index in [0.717, 1.165) is 5.56 Å². The summed E-state index contributed by atoms with van der Waals surface area (Å²) in [6, 6.07) is 11.9. The number of rotatable bonds is 5. The van der Waals surface area contributed by atoms with Gasteiger partial charge in [-0.3, -0.25) is 10.2 Å². The Labute approximate surface area is 140 Å². The minimum atomic E-state index is -0.408. The lowest BCUT2D eigenvalue weighted by Crippen LogP contribution is -2.30. The predicted molar refractivity (Wildman–Crippen MR) is 92.8 cm³/mol. The lowest BCUT2D eigenvalue weighted by Gasteiger charge is -2.14. The van der Waals surface area contributed by atoms with Crippen LogP contribution in [0.4, 0.5) is 10.5 Å². The number of urea groups is 1. The van der Waals surface area contributed by atoms with Gasteiger partial charge in [0.25, 0.3) is 5.91 Å². The van der Waals surface area contributed by atoms with E-state index < -0.39 is 5.91 Å². The van der Waals surface area contributed by atoms with Gasteiger partial charge in [-0.2, -0.15) is 0 Å². The van der Waals surface area contributed by atoms with Gasteiger partial charge in [0.2, 0.25) is 0 Å². The number of ether oxygens (including phenoxy) is 1. The average Bonchev–Trinajstić information content (AvgIpc) is 2.61. The zero-order chi connectivity index (χ0) is 17.5. The summed E-state index contributed by atoms with van der Waals surface area (Å²) in [6.45, 7) is 2.34. The average molecular weight is 328 g/mol. The Balaban J connectivity index is 2.45. The van der Waals surface area contributed by atoms with Gasteiger partial charge in [-0.25, -0.2) is 10.6 Å². The third kappa shape index (κ3) is 4.02. The Morgan fingerprint density at radius 1 is 1.12 bits per heavy atom. The number of carbonyl (C=O) groups excluding carboxylic acids is 2. The van der Waals surface area contributed by atoms with Crippen molar-refractivity contribution in [2.24, 2.45) is 5.84 Å². The number of hydrogen-bond donors (Lipinski definition) is 4. The molecule has 7 heteroatoms. The van der Waals surface area contributed by atoms with Gasteiger partial charge in [-0.1, -0.05) is 12.1 Å². The Morgan fingerprint density at radius 2 is 1.83 bits per heavy atom. The number of amides is 3. The van der Waals surface area contributed by atoms with Crippen molar-refractivity contribution in [3.05, 3.63) is 48.0 Å². The third-order valence-electron chi connectivity index (χ3n) is 3.40. The summed E-state index contributed by atoms with van der Waals surface area (Å²) in [5.74, 6) is 5.50. The molecule has 7 nitrogen and oxygen atoms in total. The third-order valence-corrected chi connectivity index (χ3v) is 3.40. The molecular formula is C17H20N4O3. The molecule has 0 aromatic heterocycles. The maximum atomic E-state index is 11.8. The Kier molecular flexibility index (Phi) is 5.75. The lowest BCUT2D eigenvalue weighted by atomic mass is 10.0. The van der Waals surface area contributed by atoms with Crippen LogP contribution in [0.3, 0.4) is 0 Å². The van der Waals surface area contributed by atoms with Gasteiger partial charge in [-0.05, 0) is 42.8 Å². The van der Waals surface area contributed by atoms with Crippen molar-refractivity contribution in [2.75, 3.05) is 19.0 Å². The highest BCUT2D eigenvalue weighted by atomic mass is 16.5. The van der Waals surface area contributed by atoms with E-state index >= 15 is 0 Å². The topological polar surface area (TPSA) is 105 Å². The van der Waals surface area contributed by atoms with Gasteiger partial charge in [0.15, 0.2) is 0 Å². The molecule has 0 saturated carbocycles. The molecule has 0 aliphatic carbocycles. The second-order valence-corrected chi connectivity index (χ2v) is 4.95. The van der Waals surface area contributed by atoms with Gasteiger partial charge in [0.05, 0.1) is 12.8 Å². The van der Waals surface area contributed by atoms with Gasteiger partial charge < -0.3 is 15.4 Å². The molecule has 2 aromatic rings. The van der Waals surface area contributed by atoms with Crippen LogP contribution < -0.4 is 26.6 Å². The van der Waals surface area contributed by atoms with Crippen LogP contribution in [-0.4, -0.2) is 25.6 Å². The van der Waals surface area contributed by atoms with Crippen LogP contribution in [0.5, 0.6) is 5.75 Å². The molecule has 2 aromatic carbocycles. The minimum absolute atomic E-state index is 0.316. The number of nitrogens with one attached hydrogen (secondary N) is 3. The lowest BCUT2D eigenvalue weighted by molar-refractivity contribution is 0.0953. The number of benzene rings is 2. The first-order chi connectivity index (χ1) is 11.6. The second kappa shape index (κ2) is 7.98. The summed E-state index contributed by atoms with van der Waals surface area (Å²) in [4.78, 5) is 23.6. The van der Waals surface area contributed by atoms with E-state index in [9.17, 15) is 9.59 Å². The molecule has 0 unspecified atom stereocenters. The van der Waals surface area contributed by atoms with Crippen molar-refractivity contribution in [1.29, 1.82) is 0 Å². The highest BCUT2D eigenvalue weighted by molar-refractivity contribution is 5.99. The molecule has 0 fully saturated rings. The molecule has 3 amide bonds. The summed E-state index contributed by atoms with van der Waals surface area (Å²) in [7, 11) is 1.59. The minimum Gasteiger partial charge on any atom is -0.497 e. The van der Waals surface area contributed by atoms with Crippen molar-refractivity contribution < 1.29 is 14.3 Å². The molecule has 0 heterocycles. The summed E-state index contributed by atoms with van der Waals surface area (Å²) >= 11 is 0. The van der Waals surface area contributed by atoms with Crippen LogP contribution >= 0.6 is 0 Å². The van der Waals surface area contributed by atoms with Crippen LogP contribution in [0, 0.1) is 0 Å². The molecule has 0 radical (unpaired) electrons. The Bertz CT molecular complexity index is 729. The molecule has 0 saturated heterocycles. The van der Waals surface area contributed by atoms with E-state index in [0.29, 0.717) is 29.1 Å². The van der Waals surface area contributed by atoms with E-state index in [1.807, 2.05) is 19.1 Å². The van der Waals surface area contributed by atoms with Crippen LogP contribution in [0.15, 0.2) is 42.5 Å². The Morgan fingerprint density at radius 3 is 2.42 bits per heavy atom. The number of anilines is 1. The zero-order valence-electron chi connectivity index (χ0n) is 13.6. The Hall–Kier alpha value is -3.06. The van der Waals surface area contributed by atoms with Gasteiger partial charge in [-0.15, -0.1) is 0 Å². The molecule has 0 bridgehead atoms. The quantitative estimate of drug-likeness (QED) is 0.383. The van der Waals surface area contributed by atoms with Crippen LogP contribution in [0.1, 0.15) is 17.3 Å². The normalized spacial score (nSPS) is 9.96. The summed E-state index contributed by atoms with van der Waals surface area (Å²) in [5.41, 5.74) is 4.60. The van der Waals surface area contributed by atoms with E-state index in [4.69, 9.17) is 10.6 Å². The fraction of sp³-hybridized carbons (Fsp3) is 0.176. The number of methoxy groups -OCH3 is 1. The van der Waals surface area contributed by atoms with E-state index in [1.165, 1.54) is 0 Å². The fourth-order valence-corrected chi connectivity index (χ4v) is 2.21. The molecule has 0 spiro atoms. The first-order valence-electron chi connectivity index (χ1n) is 7.43. The van der Waals surface area contributed by atoms with Gasteiger partial charge >= 0.3 is 6.03 Å². The summed E-state index contributed by atoms with van der Waals surface area (Å²) in [6.07, 6.45) is 0. The summed E-state index contributed by atoms with van der Waals surface area (Å²) < 4.78 is 5.15. The van der Waals surface area contributed by atoms with Crippen LogP contribution in [0.25, 0.3) is 11.1 Å². The van der Waals surface area contributed by atoms with E-state index in [-0.39, 0.29) is 6.03 Å². The number of nitrogen functional groups attached to an aromatic ring is 1. The van der Waals surface area contributed by atoms with Crippen LogP contribution in [-0.2, 0) is 0 Å². The second-order valence-electron chi connectivity index (χ2n) is 4.95. The van der Waals surface area contributed by atoms with E-state index in [2.05, 4.69) is 16.1 Å². The summed E-state index contributed by atoms with van der Waals surface area (Å²) in [5, 5.41) is 5.45. The van der Waals surface area contributed by atoms with Crippen molar-refractivity contribution in [1.82, 2.24) is 10.7 Å². The standard InChI is InChI=1S/C17H20N4O3/c1-3-19-17(23)20-15-9-6-12(16(22)21-18)10-14(15)11-4-7-13(24-2)8-5-11/h4-10H,3,18H2,1-2H3,(H,21,22)(H2,19,20,23). The highest BCUT2D eigenvalue weighted by Crippen LogP contribution is 2.30. The zero-order valence-corrected chi connectivity index (χ0v) is 13.6. The van der Waals surface area contributed by atoms with Crippen molar-refractivity contribution >= 4 is 17.6 Å². The number of hydrogen-bond acceptors (Lipinski definition) is 4. The van der Waals surface area contributed by atoms with Crippen molar-refractivity contribution in [2.45, 2.75) is 6.92 Å². The molecule has 5 N–H and O–H groups in total.